The molecule has 0 spiro atoms. The number of imide groups is 2. The fourth-order valence-electron chi connectivity index (χ4n) is 3.33. The summed E-state index contributed by atoms with van der Waals surface area (Å²) in [5.74, 6) is -2.08. The van der Waals surface area contributed by atoms with Crippen molar-refractivity contribution in [2.24, 2.45) is 0 Å². The molecule has 2 aliphatic rings. The molecule has 7 nitrogen and oxygen atoms in total. The van der Waals surface area contributed by atoms with Gasteiger partial charge in [0.2, 0.25) is 5.91 Å². The molecule has 5 amide bonds. The number of hydrogen-bond acceptors (Lipinski definition) is 4. The minimum atomic E-state index is -0.925. The van der Waals surface area contributed by atoms with Gasteiger partial charge in [-0.1, -0.05) is 49.6 Å². The van der Waals surface area contributed by atoms with Crippen molar-refractivity contribution in [3.8, 4) is 0 Å². The van der Waals surface area contributed by atoms with E-state index in [-0.39, 0.29) is 19.0 Å². The van der Waals surface area contributed by atoms with Crippen molar-refractivity contribution in [2.75, 3.05) is 19.6 Å². The van der Waals surface area contributed by atoms with Crippen LogP contribution >= 0.6 is 0 Å². The summed E-state index contributed by atoms with van der Waals surface area (Å²) in [5, 5.41) is 0. The number of hydrogen-bond donors (Lipinski definition) is 0. The second-order valence-corrected chi connectivity index (χ2v) is 6.70. The van der Waals surface area contributed by atoms with Crippen molar-refractivity contribution in [1.29, 1.82) is 0 Å². The Labute approximate surface area is 152 Å². The van der Waals surface area contributed by atoms with E-state index in [1.54, 1.807) is 29.2 Å². The van der Waals surface area contributed by atoms with Gasteiger partial charge in [0, 0.05) is 13.1 Å². The highest BCUT2D eigenvalue weighted by molar-refractivity contribution is 6.44. The number of amides is 5. The first-order valence-corrected chi connectivity index (χ1v) is 9.07. The summed E-state index contributed by atoms with van der Waals surface area (Å²) in [6.07, 6.45) is 5.18. The molecule has 2 saturated heterocycles. The third-order valence-electron chi connectivity index (χ3n) is 4.82. The van der Waals surface area contributed by atoms with Crippen LogP contribution in [0.1, 0.15) is 37.7 Å². The maximum atomic E-state index is 12.5. The number of carbonyl (C=O) groups excluding carboxylic acids is 4. The van der Waals surface area contributed by atoms with Crippen LogP contribution in [0.2, 0.25) is 0 Å². The molecular weight excluding hydrogens is 334 g/mol. The first-order valence-electron chi connectivity index (χ1n) is 9.07. The van der Waals surface area contributed by atoms with Gasteiger partial charge in [-0.2, -0.15) is 0 Å². The van der Waals surface area contributed by atoms with E-state index >= 15 is 0 Å². The van der Waals surface area contributed by atoms with Crippen LogP contribution < -0.4 is 0 Å². The van der Waals surface area contributed by atoms with Crippen LogP contribution in [0.15, 0.2) is 30.3 Å². The molecule has 2 heterocycles. The highest BCUT2D eigenvalue weighted by Crippen LogP contribution is 2.17. The van der Waals surface area contributed by atoms with Crippen molar-refractivity contribution >= 4 is 23.8 Å². The molecule has 0 bridgehead atoms. The molecule has 0 aliphatic carbocycles. The molecule has 0 radical (unpaired) electrons. The summed E-state index contributed by atoms with van der Waals surface area (Å²) in [5.41, 5.74) is 0.749. The van der Waals surface area contributed by atoms with Crippen molar-refractivity contribution in [2.45, 2.75) is 38.6 Å². The molecule has 0 saturated carbocycles. The van der Waals surface area contributed by atoms with Crippen LogP contribution in [0.25, 0.3) is 0 Å². The van der Waals surface area contributed by atoms with Crippen LogP contribution in [-0.4, -0.2) is 58.1 Å². The Balaban J connectivity index is 1.65. The lowest BCUT2D eigenvalue weighted by molar-refractivity contribution is -0.145. The summed E-state index contributed by atoms with van der Waals surface area (Å²) in [6.45, 7) is 0.931. The average molecular weight is 357 g/mol. The van der Waals surface area contributed by atoms with E-state index in [1.165, 1.54) is 6.42 Å². The standard InChI is InChI=1S/C19H23N3O4/c23-16(20-11-7-2-1-3-8-12-20)14-22-18(25)17(24)21(19(22)26)13-15-9-5-4-6-10-15/h4-6,9-10H,1-3,7-8,11-14H2. The minimum absolute atomic E-state index is 0.0264. The third-order valence-corrected chi connectivity index (χ3v) is 4.82. The molecule has 138 valence electrons. The quantitative estimate of drug-likeness (QED) is 0.608. The van der Waals surface area contributed by atoms with Crippen LogP contribution in [0.5, 0.6) is 0 Å². The van der Waals surface area contributed by atoms with Gasteiger partial charge >= 0.3 is 17.8 Å². The van der Waals surface area contributed by atoms with Gasteiger partial charge in [0.25, 0.3) is 0 Å². The Bertz CT molecular complexity index is 696. The zero-order valence-corrected chi connectivity index (χ0v) is 14.7. The smallest absolute Gasteiger partial charge is 0.335 e. The fourth-order valence-corrected chi connectivity index (χ4v) is 3.33. The lowest BCUT2D eigenvalue weighted by Gasteiger charge is -2.26. The molecule has 3 rings (SSSR count). The zero-order valence-electron chi connectivity index (χ0n) is 14.7. The second kappa shape index (κ2) is 8.12. The monoisotopic (exact) mass is 357 g/mol. The van der Waals surface area contributed by atoms with E-state index in [1.807, 2.05) is 6.07 Å². The van der Waals surface area contributed by atoms with Gasteiger partial charge in [0.05, 0.1) is 6.54 Å². The topological polar surface area (TPSA) is 78.0 Å². The largest absolute Gasteiger partial charge is 0.341 e. The van der Waals surface area contributed by atoms with E-state index in [9.17, 15) is 19.2 Å². The molecule has 26 heavy (non-hydrogen) atoms. The number of benzene rings is 1. The van der Waals surface area contributed by atoms with Gasteiger partial charge in [-0.25, -0.2) is 9.69 Å². The summed E-state index contributed by atoms with van der Waals surface area (Å²) < 4.78 is 0. The number of rotatable bonds is 4. The summed E-state index contributed by atoms with van der Waals surface area (Å²) >= 11 is 0. The van der Waals surface area contributed by atoms with Crippen LogP contribution in [0.3, 0.4) is 0 Å². The van der Waals surface area contributed by atoms with E-state index in [0.717, 1.165) is 41.0 Å². The molecule has 0 unspecified atom stereocenters. The fraction of sp³-hybridized carbons (Fsp3) is 0.474. The third kappa shape index (κ3) is 3.92. The Morgan fingerprint density at radius 3 is 2.04 bits per heavy atom. The van der Waals surface area contributed by atoms with E-state index < -0.39 is 17.8 Å². The number of urea groups is 1. The first kappa shape index (κ1) is 18.1. The maximum absolute atomic E-state index is 12.5. The molecule has 2 aliphatic heterocycles. The van der Waals surface area contributed by atoms with Crippen molar-refractivity contribution < 1.29 is 19.2 Å². The second-order valence-electron chi connectivity index (χ2n) is 6.70. The SMILES string of the molecule is O=C(CN1C(=O)C(=O)N(Cc2ccccc2)C1=O)N1CCCCCCC1. The van der Waals surface area contributed by atoms with Crippen molar-refractivity contribution in [3.05, 3.63) is 35.9 Å². The first-order chi connectivity index (χ1) is 12.6. The van der Waals surface area contributed by atoms with Crippen LogP contribution in [-0.2, 0) is 20.9 Å². The number of likely N-dealkylation sites (tertiary alicyclic amines) is 1. The molecular formula is C19H23N3O4. The Kier molecular flexibility index (Phi) is 5.65. The van der Waals surface area contributed by atoms with Gasteiger partial charge < -0.3 is 4.90 Å². The Hall–Kier alpha value is -2.70. The van der Waals surface area contributed by atoms with E-state index in [4.69, 9.17) is 0 Å². The van der Waals surface area contributed by atoms with E-state index in [2.05, 4.69) is 0 Å². The maximum Gasteiger partial charge on any atom is 0.335 e. The summed E-state index contributed by atoms with van der Waals surface area (Å²) in [4.78, 5) is 52.8. The van der Waals surface area contributed by atoms with Crippen LogP contribution in [0.4, 0.5) is 4.79 Å². The number of nitrogens with zero attached hydrogens (tertiary/aromatic N) is 3. The van der Waals surface area contributed by atoms with Gasteiger partial charge in [0.1, 0.15) is 6.54 Å². The molecule has 1 aromatic carbocycles. The average Bonchev–Trinajstić information content (AvgIpc) is 2.80. The lowest BCUT2D eigenvalue weighted by Crippen LogP contribution is -2.44. The Morgan fingerprint density at radius 2 is 1.38 bits per heavy atom. The van der Waals surface area contributed by atoms with Crippen molar-refractivity contribution in [1.82, 2.24) is 14.7 Å². The zero-order chi connectivity index (χ0) is 18.5. The number of carbonyl (C=O) groups is 4. The minimum Gasteiger partial charge on any atom is -0.341 e. The predicted octanol–water partition coefficient (Wildman–Crippen LogP) is 1.77. The van der Waals surface area contributed by atoms with Gasteiger partial charge in [-0.3, -0.25) is 19.3 Å². The highest BCUT2D eigenvalue weighted by atomic mass is 16.2. The molecule has 0 atom stereocenters. The normalized spacial score (nSPS) is 18.9. The molecule has 2 fully saturated rings. The van der Waals surface area contributed by atoms with Gasteiger partial charge in [0.15, 0.2) is 0 Å². The summed E-state index contributed by atoms with van der Waals surface area (Å²) in [7, 11) is 0. The molecule has 0 N–H and O–H groups in total. The van der Waals surface area contributed by atoms with Gasteiger partial charge in [-0.05, 0) is 18.4 Å². The summed E-state index contributed by atoms with van der Waals surface area (Å²) in [6, 6.07) is 8.26. The highest BCUT2D eigenvalue weighted by Gasteiger charge is 2.45. The molecule has 1 aromatic rings. The lowest BCUT2D eigenvalue weighted by atomic mass is 10.1. The Morgan fingerprint density at radius 1 is 0.808 bits per heavy atom. The van der Waals surface area contributed by atoms with Crippen molar-refractivity contribution in [3.63, 3.8) is 0 Å². The molecule has 7 heteroatoms. The van der Waals surface area contributed by atoms with Gasteiger partial charge in [-0.15, -0.1) is 0 Å². The van der Waals surface area contributed by atoms with E-state index in [0.29, 0.717) is 13.1 Å². The molecule has 0 aromatic heterocycles. The van der Waals surface area contributed by atoms with Crippen LogP contribution in [0, 0.1) is 0 Å². The predicted molar refractivity (Wildman–Crippen MR) is 93.8 cm³/mol.